The molecule has 150 valence electrons. The highest BCUT2D eigenvalue weighted by Crippen LogP contribution is 2.21. The van der Waals surface area contributed by atoms with Gasteiger partial charge < -0.3 is 4.90 Å². The molecule has 3 aromatic carbocycles. The van der Waals surface area contributed by atoms with Crippen molar-refractivity contribution >= 4 is 21.6 Å². The van der Waals surface area contributed by atoms with Gasteiger partial charge >= 0.3 is 0 Å². The Kier molecular flexibility index (Phi) is 6.46. The van der Waals surface area contributed by atoms with Crippen LogP contribution in [0.1, 0.15) is 28.4 Å². The van der Waals surface area contributed by atoms with Gasteiger partial charge in [-0.25, -0.2) is 13.1 Å². The van der Waals surface area contributed by atoms with Crippen molar-refractivity contribution in [1.82, 2.24) is 4.72 Å². The first-order valence-corrected chi connectivity index (χ1v) is 10.9. The minimum atomic E-state index is -3.75. The highest BCUT2D eigenvalue weighted by Gasteiger charge is 2.21. The molecule has 0 bridgehead atoms. The number of sulfonamides is 1. The quantitative estimate of drug-likeness (QED) is 0.639. The molecule has 0 atom stereocenters. The first kappa shape index (κ1) is 20.8. The van der Waals surface area contributed by atoms with Gasteiger partial charge in [0.2, 0.25) is 10.0 Å². The van der Waals surface area contributed by atoms with Crippen molar-refractivity contribution < 1.29 is 13.2 Å². The molecule has 0 aromatic heterocycles. The van der Waals surface area contributed by atoms with Crippen molar-refractivity contribution in [3.63, 3.8) is 0 Å². The fourth-order valence-corrected chi connectivity index (χ4v) is 4.10. The number of para-hydroxylation sites is 1. The molecule has 5 nitrogen and oxygen atoms in total. The Balaban J connectivity index is 1.88. The number of nitrogens with zero attached hydrogens (tertiary/aromatic N) is 1. The van der Waals surface area contributed by atoms with Crippen LogP contribution in [0.2, 0.25) is 0 Å². The number of benzene rings is 3. The van der Waals surface area contributed by atoms with Crippen LogP contribution >= 0.6 is 0 Å². The molecule has 0 aliphatic rings. The molecule has 0 saturated heterocycles. The Morgan fingerprint density at radius 1 is 0.931 bits per heavy atom. The van der Waals surface area contributed by atoms with Crippen LogP contribution in [0.15, 0.2) is 83.8 Å². The standard InChI is InChI=1S/C23H24N2O3S/c1-3-25(20-12-8-5-9-13-20)23(26)22-16-21(15-14-18(22)2)29(27,28)24-17-19-10-6-4-7-11-19/h4-16,24H,3,17H2,1-2H3. The molecule has 0 heterocycles. The van der Waals surface area contributed by atoms with E-state index in [4.69, 9.17) is 0 Å². The minimum absolute atomic E-state index is 0.0755. The van der Waals surface area contributed by atoms with E-state index in [0.29, 0.717) is 12.1 Å². The summed E-state index contributed by atoms with van der Waals surface area (Å²) in [5, 5.41) is 0. The number of hydrogen-bond acceptors (Lipinski definition) is 3. The van der Waals surface area contributed by atoms with Gasteiger partial charge in [-0.3, -0.25) is 4.79 Å². The van der Waals surface area contributed by atoms with Crippen LogP contribution in [0.3, 0.4) is 0 Å². The molecule has 0 aliphatic heterocycles. The molecule has 3 rings (SSSR count). The van der Waals surface area contributed by atoms with E-state index in [9.17, 15) is 13.2 Å². The second kappa shape index (κ2) is 9.03. The lowest BCUT2D eigenvalue weighted by molar-refractivity contribution is 0.0987. The molecular formula is C23H24N2O3S. The maximum atomic E-state index is 13.2. The zero-order chi connectivity index (χ0) is 20.9. The van der Waals surface area contributed by atoms with Crippen LogP contribution in [0.25, 0.3) is 0 Å². The summed E-state index contributed by atoms with van der Waals surface area (Å²) in [4.78, 5) is 14.9. The second-order valence-corrected chi connectivity index (χ2v) is 8.44. The number of aryl methyl sites for hydroxylation is 1. The van der Waals surface area contributed by atoms with Crippen LogP contribution in [0.5, 0.6) is 0 Å². The SMILES string of the molecule is CCN(C(=O)c1cc(S(=O)(=O)NCc2ccccc2)ccc1C)c1ccccc1. The Bertz CT molecular complexity index is 1080. The lowest BCUT2D eigenvalue weighted by Gasteiger charge is -2.22. The van der Waals surface area contributed by atoms with Gasteiger partial charge in [0, 0.05) is 24.3 Å². The summed E-state index contributed by atoms with van der Waals surface area (Å²) in [6.45, 7) is 4.36. The van der Waals surface area contributed by atoms with Gasteiger partial charge in [0.05, 0.1) is 4.90 Å². The molecule has 1 amide bonds. The fraction of sp³-hybridized carbons (Fsp3) is 0.174. The molecule has 0 aliphatic carbocycles. The lowest BCUT2D eigenvalue weighted by Crippen LogP contribution is -2.31. The molecule has 0 fully saturated rings. The largest absolute Gasteiger partial charge is 0.309 e. The van der Waals surface area contributed by atoms with Crippen molar-refractivity contribution in [3.05, 3.63) is 95.6 Å². The van der Waals surface area contributed by atoms with Gasteiger partial charge in [-0.05, 0) is 49.2 Å². The van der Waals surface area contributed by atoms with E-state index >= 15 is 0 Å². The van der Waals surface area contributed by atoms with E-state index in [1.165, 1.54) is 12.1 Å². The van der Waals surface area contributed by atoms with Gasteiger partial charge in [-0.15, -0.1) is 0 Å². The monoisotopic (exact) mass is 408 g/mol. The van der Waals surface area contributed by atoms with E-state index in [-0.39, 0.29) is 17.3 Å². The van der Waals surface area contributed by atoms with Gasteiger partial charge in [0.1, 0.15) is 0 Å². The maximum Gasteiger partial charge on any atom is 0.258 e. The van der Waals surface area contributed by atoms with Crippen molar-refractivity contribution in [2.75, 3.05) is 11.4 Å². The third kappa shape index (κ3) is 4.91. The molecule has 6 heteroatoms. The summed E-state index contributed by atoms with van der Waals surface area (Å²) in [5.41, 5.74) is 2.74. The van der Waals surface area contributed by atoms with Crippen molar-refractivity contribution in [2.24, 2.45) is 0 Å². The van der Waals surface area contributed by atoms with Crippen LogP contribution in [0, 0.1) is 6.92 Å². The van der Waals surface area contributed by atoms with E-state index < -0.39 is 10.0 Å². The molecule has 0 radical (unpaired) electrons. The number of nitrogens with one attached hydrogen (secondary N) is 1. The predicted octanol–water partition coefficient (Wildman–Crippen LogP) is 4.14. The molecule has 29 heavy (non-hydrogen) atoms. The van der Waals surface area contributed by atoms with Crippen LogP contribution < -0.4 is 9.62 Å². The Hall–Kier alpha value is -2.96. The first-order valence-electron chi connectivity index (χ1n) is 9.43. The minimum Gasteiger partial charge on any atom is -0.309 e. The van der Waals surface area contributed by atoms with Gasteiger partial charge in [0.15, 0.2) is 0 Å². The highest BCUT2D eigenvalue weighted by atomic mass is 32.2. The van der Waals surface area contributed by atoms with Crippen molar-refractivity contribution in [1.29, 1.82) is 0 Å². The Morgan fingerprint density at radius 2 is 1.55 bits per heavy atom. The topological polar surface area (TPSA) is 66.5 Å². The average Bonchev–Trinajstić information content (AvgIpc) is 2.74. The van der Waals surface area contributed by atoms with Crippen LogP contribution in [-0.2, 0) is 16.6 Å². The van der Waals surface area contributed by atoms with E-state index in [1.54, 1.807) is 17.9 Å². The third-order valence-electron chi connectivity index (χ3n) is 4.69. The zero-order valence-corrected chi connectivity index (χ0v) is 17.3. The zero-order valence-electron chi connectivity index (χ0n) is 16.5. The van der Waals surface area contributed by atoms with Crippen molar-refractivity contribution in [2.45, 2.75) is 25.3 Å². The summed E-state index contributed by atoms with van der Waals surface area (Å²) >= 11 is 0. The van der Waals surface area contributed by atoms with E-state index in [0.717, 1.165) is 16.8 Å². The number of amides is 1. The highest BCUT2D eigenvalue weighted by molar-refractivity contribution is 7.89. The van der Waals surface area contributed by atoms with Crippen LogP contribution in [-0.4, -0.2) is 20.9 Å². The number of anilines is 1. The fourth-order valence-electron chi connectivity index (χ4n) is 3.05. The first-order chi connectivity index (χ1) is 13.9. The summed E-state index contributed by atoms with van der Waals surface area (Å²) in [6.07, 6.45) is 0. The molecule has 0 spiro atoms. The van der Waals surface area contributed by atoms with Gasteiger partial charge in [-0.2, -0.15) is 0 Å². The summed E-state index contributed by atoms with van der Waals surface area (Å²) in [5.74, 6) is -0.226. The lowest BCUT2D eigenvalue weighted by atomic mass is 10.1. The normalized spacial score (nSPS) is 11.2. The van der Waals surface area contributed by atoms with E-state index in [1.807, 2.05) is 67.6 Å². The number of rotatable bonds is 7. The second-order valence-electron chi connectivity index (χ2n) is 6.67. The van der Waals surface area contributed by atoms with Gasteiger partial charge in [0.25, 0.3) is 5.91 Å². The number of hydrogen-bond donors (Lipinski definition) is 1. The summed E-state index contributed by atoms with van der Waals surface area (Å²) < 4.78 is 28.1. The predicted molar refractivity (Wildman–Crippen MR) is 115 cm³/mol. The Morgan fingerprint density at radius 3 is 2.17 bits per heavy atom. The molecule has 0 saturated carbocycles. The maximum absolute atomic E-state index is 13.2. The van der Waals surface area contributed by atoms with Gasteiger partial charge in [-0.1, -0.05) is 54.6 Å². The molecule has 1 N–H and O–H groups in total. The molecule has 3 aromatic rings. The summed E-state index contributed by atoms with van der Waals surface area (Å²) in [6, 6.07) is 23.3. The summed E-state index contributed by atoms with van der Waals surface area (Å²) in [7, 11) is -3.75. The Labute approximate surface area is 172 Å². The number of carbonyl (C=O) groups excluding carboxylic acids is 1. The average molecular weight is 409 g/mol. The van der Waals surface area contributed by atoms with E-state index in [2.05, 4.69) is 4.72 Å². The number of carbonyl (C=O) groups is 1. The third-order valence-corrected chi connectivity index (χ3v) is 6.09. The van der Waals surface area contributed by atoms with Crippen molar-refractivity contribution in [3.8, 4) is 0 Å². The van der Waals surface area contributed by atoms with Crippen LogP contribution in [0.4, 0.5) is 5.69 Å². The molecular weight excluding hydrogens is 384 g/mol. The smallest absolute Gasteiger partial charge is 0.258 e. The molecule has 0 unspecified atom stereocenters.